The molecule has 0 aliphatic carbocycles. The van der Waals surface area contributed by atoms with E-state index < -0.39 is 10.0 Å². The van der Waals surface area contributed by atoms with Crippen LogP contribution in [0, 0.1) is 6.92 Å². The summed E-state index contributed by atoms with van der Waals surface area (Å²) < 4.78 is 27.3. The van der Waals surface area contributed by atoms with Gasteiger partial charge in [0.05, 0.1) is 9.90 Å². The van der Waals surface area contributed by atoms with E-state index in [2.05, 4.69) is 14.9 Å². The molecule has 0 atom stereocenters. The van der Waals surface area contributed by atoms with Crippen molar-refractivity contribution in [2.75, 3.05) is 5.73 Å². The van der Waals surface area contributed by atoms with Crippen molar-refractivity contribution in [3.63, 3.8) is 0 Å². The molecule has 0 unspecified atom stereocenters. The fraction of sp³-hybridized carbons (Fsp3) is 0.111. The monoisotopic (exact) mass is 292 g/mol. The number of nitrogen functional groups attached to an aromatic ring is 1. The number of nitrogens with zero attached hydrogens (tertiary/aromatic N) is 3. The van der Waals surface area contributed by atoms with Gasteiger partial charge in [-0.3, -0.25) is 5.10 Å². The number of aryl methyl sites for hydroxylation is 1. The van der Waals surface area contributed by atoms with Crippen LogP contribution in [0.25, 0.3) is 4.72 Å². The summed E-state index contributed by atoms with van der Waals surface area (Å²) in [5.74, 6) is 0. The Morgan fingerprint density at radius 1 is 1.22 bits per heavy atom. The van der Waals surface area contributed by atoms with Crippen LogP contribution in [0.4, 0.5) is 10.8 Å². The molecule has 1 aromatic heterocycles. The Hall–Kier alpha value is -0.670. The SMILES string of the molecule is Cc1nnc([N-]S(=O)(=O)c2ccc(N)cc2)s1.[Na+]. The topological polar surface area (TPSA) is 100 Å². The van der Waals surface area contributed by atoms with E-state index in [4.69, 9.17) is 5.73 Å². The molecular formula is C9H9N4NaO2S2. The fourth-order valence-electron chi connectivity index (χ4n) is 1.12. The Labute approximate surface area is 131 Å². The molecule has 6 nitrogen and oxygen atoms in total. The van der Waals surface area contributed by atoms with Gasteiger partial charge in [-0.2, -0.15) is 0 Å². The zero-order valence-electron chi connectivity index (χ0n) is 9.86. The summed E-state index contributed by atoms with van der Waals surface area (Å²) in [4.78, 5) is 0.0829. The predicted molar refractivity (Wildman–Crippen MR) is 65.7 cm³/mol. The average molecular weight is 292 g/mol. The number of sulfonamides is 1. The zero-order valence-corrected chi connectivity index (χ0v) is 13.5. The third kappa shape index (κ3) is 3.66. The van der Waals surface area contributed by atoms with Gasteiger partial charge in [-0.1, -0.05) is 0 Å². The Bertz CT molecular complexity index is 624. The average Bonchev–Trinajstić information content (AvgIpc) is 2.63. The standard InChI is InChI=1S/C9H9N4O2S2.Na/c1-6-11-12-9(16-6)13-17(14,15)8-4-2-7(10)3-5-8;/h2-5H,10H2,1H3;/q-1;+1. The summed E-state index contributed by atoms with van der Waals surface area (Å²) in [5.41, 5.74) is 5.98. The second-order valence-corrected chi connectivity index (χ2v) is 6.00. The van der Waals surface area contributed by atoms with E-state index in [0.717, 1.165) is 11.3 Å². The molecule has 2 N–H and O–H groups in total. The first-order valence-electron chi connectivity index (χ1n) is 4.61. The van der Waals surface area contributed by atoms with Crippen molar-refractivity contribution in [2.45, 2.75) is 11.8 Å². The molecule has 2 rings (SSSR count). The van der Waals surface area contributed by atoms with Crippen LogP contribution in [-0.4, -0.2) is 18.6 Å². The number of hydrogen-bond acceptors (Lipinski definition) is 6. The first kappa shape index (κ1) is 15.4. The molecule has 0 aliphatic heterocycles. The maximum Gasteiger partial charge on any atom is 1.00 e. The summed E-state index contributed by atoms with van der Waals surface area (Å²) in [6.45, 7) is 1.73. The molecule has 0 amide bonds. The number of aromatic nitrogens is 2. The van der Waals surface area contributed by atoms with E-state index in [1.807, 2.05) is 0 Å². The number of nitrogens with two attached hydrogens (primary N) is 1. The van der Waals surface area contributed by atoms with Crippen molar-refractivity contribution < 1.29 is 38.0 Å². The molecule has 2 aromatic rings. The van der Waals surface area contributed by atoms with Crippen molar-refractivity contribution in [1.29, 1.82) is 0 Å². The maximum atomic E-state index is 11.9. The van der Waals surface area contributed by atoms with Crippen LogP contribution in [-0.2, 0) is 10.0 Å². The molecule has 9 heteroatoms. The normalized spacial score (nSPS) is 10.7. The van der Waals surface area contributed by atoms with E-state index in [1.165, 1.54) is 24.3 Å². The predicted octanol–water partition coefficient (Wildman–Crippen LogP) is -1.17. The third-order valence-electron chi connectivity index (χ3n) is 1.89. The number of hydrogen-bond donors (Lipinski definition) is 1. The summed E-state index contributed by atoms with van der Waals surface area (Å²) in [5, 5.41) is 8.13. The van der Waals surface area contributed by atoms with E-state index in [-0.39, 0.29) is 39.6 Å². The van der Waals surface area contributed by atoms with E-state index in [0.29, 0.717) is 10.7 Å². The molecular weight excluding hydrogens is 283 g/mol. The van der Waals surface area contributed by atoms with Gasteiger partial charge < -0.3 is 15.6 Å². The largest absolute Gasteiger partial charge is 1.00 e. The summed E-state index contributed by atoms with van der Waals surface area (Å²) in [6, 6.07) is 5.83. The molecule has 90 valence electrons. The Balaban J connectivity index is 0.00000162. The van der Waals surface area contributed by atoms with Gasteiger partial charge in [0.2, 0.25) is 10.0 Å². The minimum absolute atomic E-state index is 0. The Morgan fingerprint density at radius 3 is 2.33 bits per heavy atom. The minimum Gasteiger partial charge on any atom is -0.399 e. The second-order valence-electron chi connectivity index (χ2n) is 3.24. The van der Waals surface area contributed by atoms with Gasteiger partial charge in [0.15, 0.2) is 0 Å². The second kappa shape index (κ2) is 5.98. The molecule has 0 saturated heterocycles. The quantitative estimate of drug-likeness (QED) is 0.567. The van der Waals surface area contributed by atoms with Crippen molar-refractivity contribution in [3.8, 4) is 0 Å². The number of anilines is 1. The maximum absolute atomic E-state index is 11.9. The van der Waals surface area contributed by atoms with Gasteiger partial charge in [0.1, 0.15) is 0 Å². The first-order valence-corrected chi connectivity index (χ1v) is 6.87. The summed E-state index contributed by atoms with van der Waals surface area (Å²) in [7, 11) is -3.74. The van der Waals surface area contributed by atoms with Crippen LogP contribution in [0.2, 0.25) is 0 Å². The van der Waals surface area contributed by atoms with Crippen LogP contribution in [0.1, 0.15) is 5.01 Å². The Morgan fingerprint density at radius 2 is 1.83 bits per heavy atom. The molecule has 0 bridgehead atoms. The molecule has 1 aromatic carbocycles. The zero-order chi connectivity index (χ0) is 12.5. The van der Waals surface area contributed by atoms with Crippen LogP contribution < -0.4 is 35.3 Å². The molecule has 0 saturated carbocycles. The van der Waals surface area contributed by atoms with Gasteiger partial charge in [0.25, 0.3) is 0 Å². The van der Waals surface area contributed by atoms with Crippen molar-refractivity contribution >= 4 is 32.2 Å². The van der Waals surface area contributed by atoms with Crippen LogP contribution >= 0.6 is 11.3 Å². The smallest absolute Gasteiger partial charge is 0.399 e. The van der Waals surface area contributed by atoms with E-state index in [1.54, 1.807) is 6.92 Å². The molecule has 1 heterocycles. The van der Waals surface area contributed by atoms with Gasteiger partial charge in [-0.25, -0.2) is 8.42 Å². The number of rotatable bonds is 3. The first-order chi connectivity index (χ1) is 7.97. The number of benzene rings is 1. The summed E-state index contributed by atoms with van der Waals surface area (Å²) >= 11 is 1.12. The van der Waals surface area contributed by atoms with Crippen molar-refractivity contribution in [1.82, 2.24) is 10.2 Å². The fourth-order valence-corrected chi connectivity index (χ4v) is 2.82. The molecule has 18 heavy (non-hydrogen) atoms. The Kier molecular flexibility index (Phi) is 5.11. The van der Waals surface area contributed by atoms with Crippen molar-refractivity contribution in [3.05, 3.63) is 34.0 Å². The molecule has 0 radical (unpaired) electrons. The van der Waals surface area contributed by atoms with Gasteiger partial charge >= 0.3 is 29.6 Å². The summed E-state index contributed by atoms with van der Waals surface area (Å²) in [6.07, 6.45) is 0. The van der Waals surface area contributed by atoms with Gasteiger partial charge in [-0.15, -0.1) is 11.3 Å². The van der Waals surface area contributed by atoms with Crippen LogP contribution in [0.5, 0.6) is 0 Å². The van der Waals surface area contributed by atoms with E-state index >= 15 is 0 Å². The molecule has 0 aliphatic rings. The van der Waals surface area contributed by atoms with Gasteiger partial charge in [0, 0.05) is 10.8 Å². The third-order valence-corrected chi connectivity index (χ3v) is 4.02. The molecule has 0 fully saturated rings. The van der Waals surface area contributed by atoms with Crippen LogP contribution in [0.15, 0.2) is 29.2 Å². The van der Waals surface area contributed by atoms with Crippen molar-refractivity contribution in [2.24, 2.45) is 0 Å². The van der Waals surface area contributed by atoms with Crippen LogP contribution in [0.3, 0.4) is 0 Å². The molecule has 0 spiro atoms. The van der Waals surface area contributed by atoms with Gasteiger partial charge in [-0.05, 0) is 31.2 Å². The van der Waals surface area contributed by atoms with E-state index in [9.17, 15) is 8.42 Å². The minimum atomic E-state index is -3.74.